The van der Waals surface area contributed by atoms with Gasteiger partial charge in [-0.3, -0.25) is 0 Å². The molecule has 0 spiro atoms. The molecule has 0 saturated carbocycles. The largest absolute Gasteiger partial charge is 0.356 e. The van der Waals surface area contributed by atoms with Crippen molar-refractivity contribution in [3.05, 3.63) is 12.2 Å². The van der Waals surface area contributed by atoms with Gasteiger partial charge in [-0.25, -0.2) is 0 Å². The molecule has 0 heterocycles. The Morgan fingerprint density at radius 2 is 1.35 bits per heavy atom. The van der Waals surface area contributed by atoms with Gasteiger partial charge in [0.2, 0.25) is 0 Å². The van der Waals surface area contributed by atoms with E-state index in [1.54, 1.807) is 0 Å². The van der Waals surface area contributed by atoms with Gasteiger partial charge in [0.15, 0.2) is 0 Å². The van der Waals surface area contributed by atoms with E-state index in [1.807, 2.05) is 6.92 Å². The molecule has 0 atom stereocenters. The lowest BCUT2D eigenvalue weighted by Crippen LogP contribution is -1.99. The summed E-state index contributed by atoms with van der Waals surface area (Å²) in [6, 6.07) is 0. The summed E-state index contributed by atoms with van der Waals surface area (Å²) >= 11 is 3.47. The van der Waals surface area contributed by atoms with E-state index in [0.29, 0.717) is 6.79 Å². The van der Waals surface area contributed by atoms with Crippen molar-refractivity contribution in [3.63, 3.8) is 0 Å². The molecule has 3 heteroatoms. The quantitative estimate of drug-likeness (QED) is 0.151. The van der Waals surface area contributed by atoms with Gasteiger partial charge in [0, 0.05) is 11.9 Å². The molecular weight excluding hydrogens is 316 g/mol. The van der Waals surface area contributed by atoms with Crippen LogP contribution in [0.2, 0.25) is 0 Å². The third-order valence-corrected chi connectivity index (χ3v) is 3.78. The van der Waals surface area contributed by atoms with Gasteiger partial charge in [-0.05, 0) is 32.6 Å². The zero-order valence-electron chi connectivity index (χ0n) is 13.2. The van der Waals surface area contributed by atoms with Crippen molar-refractivity contribution in [1.29, 1.82) is 0 Å². The molecule has 0 aromatic carbocycles. The summed E-state index contributed by atoms with van der Waals surface area (Å²) in [5.41, 5.74) is 0. The standard InChI is InChI=1S/C17H33BrO2/c1-2-19-17-20-16-14-12-10-8-6-4-3-5-7-9-11-13-15-18/h10,12H,2-9,11,13-17H2,1H3. The van der Waals surface area contributed by atoms with E-state index in [0.717, 1.165) is 25.0 Å². The van der Waals surface area contributed by atoms with Gasteiger partial charge in [-0.15, -0.1) is 0 Å². The average molecular weight is 349 g/mol. The maximum absolute atomic E-state index is 5.30. The first-order valence-corrected chi connectivity index (χ1v) is 9.40. The molecule has 0 aliphatic heterocycles. The van der Waals surface area contributed by atoms with Crippen LogP contribution in [-0.4, -0.2) is 25.3 Å². The molecule has 0 aromatic heterocycles. The summed E-state index contributed by atoms with van der Waals surface area (Å²) in [5.74, 6) is 0. The Bertz CT molecular complexity index is 195. The highest BCUT2D eigenvalue weighted by molar-refractivity contribution is 9.09. The molecule has 20 heavy (non-hydrogen) atoms. The molecule has 0 N–H and O–H groups in total. The fraction of sp³-hybridized carbons (Fsp3) is 0.882. The van der Waals surface area contributed by atoms with Crippen LogP contribution in [0.25, 0.3) is 0 Å². The van der Waals surface area contributed by atoms with Gasteiger partial charge in [0.05, 0.1) is 6.61 Å². The Balaban J connectivity index is 3.01. The number of halogens is 1. The summed E-state index contributed by atoms with van der Waals surface area (Å²) < 4.78 is 10.4. The summed E-state index contributed by atoms with van der Waals surface area (Å²) in [6.07, 6.45) is 17.8. The Labute approximate surface area is 134 Å². The molecule has 0 radical (unpaired) electrons. The predicted molar refractivity (Wildman–Crippen MR) is 91.5 cm³/mol. The van der Waals surface area contributed by atoms with Crippen molar-refractivity contribution < 1.29 is 9.47 Å². The molecule has 0 unspecified atom stereocenters. The summed E-state index contributed by atoms with van der Waals surface area (Å²) in [4.78, 5) is 0. The summed E-state index contributed by atoms with van der Waals surface area (Å²) in [7, 11) is 0. The highest BCUT2D eigenvalue weighted by Gasteiger charge is 1.91. The molecule has 0 bridgehead atoms. The van der Waals surface area contributed by atoms with E-state index in [-0.39, 0.29) is 0 Å². The van der Waals surface area contributed by atoms with Gasteiger partial charge in [0.1, 0.15) is 6.79 Å². The predicted octanol–water partition coefficient (Wildman–Crippen LogP) is 5.85. The molecule has 0 aromatic rings. The van der Waals surface area contributed by atoms with Crippen molar-refractivity contribution in [3.8, 4) is 0 Å². The number of rotatable bonds is 16. The Kier molecular flexibility index (Phi) is 19.3. The van der Waals surface area contributed by atoms with Crippen molar-refractivity contribution in [1.82, 2.24) is 0 Å². The van der Waals surface area contributed by atoms with Crippen LogP contribution in [0, 0.1) is 0 Å². The van der Waals surface area contributed by atoms with Crippen LogP contribution in [0.3, 0.4) is 0 Å². The molecule has 0 amide bonds. The lowest BCUT2D eigenvalue weighted by atomic mass is 10.1. The van der Waals surface area contributed by atoms with E-state index in [1.165, 1.54) is 57.8 Å². The third-order valence-electron chi connectivity index (χ3n) is 3.22. The van der Waals surface area contributed by atoms with Crippen molar-refractivity contribution in [2.24, 2.45) is 0 Å². The van der Waals surface area contributed by atoms with E-state index in [4.69, 9.17) is 9.47 Å². The second kappa shape index (κ2) is 19.1. The Morgan fingerprint density at radius 1 is 0.750 bits per heavy atom. The zero-order chi connectivity index (χ0) is 14.7. The fourth-order valence-electron chi connectivity index (χ4n) is 2.01. The lowest BCUT2D eigenvalue weighted by Gasteiger charge is -2.01. The number of hydrogen-bond acceptors (Lipinski definition) is 2. The van der Waals surface area contributed by atoms with Gasteiger partial charge >= 0.3 is 0 Å². The topological polar surface area (TPSA) is 18.5 Å². The second-order valence-corrected chi connectivity index (χ2v) is 5.88. The molecule has 0 aliphatic carbocycles. The van der Waals surface area contributed by atoms with E-state index in [9.17, 15) is 0 Å². The van der Waals surface area contributed by atoms with Crippen molar-refractivity contribution >= 4 is 15.9 Å². The maximum atomic E-state index is 5.30. The third kappa shape index (κ3) is 18.1. The monoisotopic (exact) mass is 348 g/mol. The number of unbranched alkanes of at least 4 members (excludes halogenated alkanes) is 8. The van der Waals surface area contributed by atoms with Crippen LogP contribution in [0.1, 0.15) is 71.1 Å². The van der Waals surface area contributed by atoms with E-state index in [2.05, 4.69) is 28.1 Å². The van der Waals surface area contributed by atoms with Crippen LogP contribution >= 0.6 is 15.9 Å². The number of alkyl halides is 1. The maximum Gasteiger partial charge on any atom is 0.146 e. The minimum absolute atomic E-state index is 0.431. The highest BCUT2D eigenvalue weighted by Crippen LogP contribution is 2.10. The van der Waals surface area contributed by atoms with Crippen LogP contribution in [-0.2, 0) is 9.47 Å². The molecule has 0 rings (SSSR count). The first-order chi connectivity index (χ1) is 9.91. The molecule has 0 aliphatic rings. The number of allylic oxidation sites excluding steroid dienone is 1. The van der Waals surface area contributed by atoms with Crippen molar-refractivity contribution in [2.45, 2.75) is 71.1 Å². The Hall–Kier alpha value is 0.140. The average Bonchev–Trinajstić information content (AvgIpc) is 2.47. The van der Waals surface area contributed by atoms with Crippen LogP contribution in [0.5, 0.6) is 0 Å². The molecule has 120 valence electrons. The first kappa shape index (κ1) is 20.1. The number of hydrogen-bond donors (Lipinski definition) is 0. The molecular formula is C17H33BrO2. The van der Waals surface area contributed by atoms with E-state index < -0.39 is 0 Å². The van der Waals surface area contributed by atoms with Crippen LogP contribution < -0.4 is 0 Å². The van der Waals surface area contributed by atoms with E-state index >= 15 is 0 Å². The zero-order valence-corrected chi connectivity index (χ0v) is 14.8. The Morgan fingerprint density at radius 3 is 2.00 bits per heavy atom. The van der Waals surface area contributed by atoms with Gasteiger partial charge in [-0.2, -0.15) is 0 Å². The van der Waals surface area contributed by atoms with Gasteiger partial charge < -0.3 is 9.47 Å². The highest BCUT2D eigenvalue weighted by atomic mass is 79.9. The summed E-state index contributed by atoms with van der Waals surface area (Å²) in [5, 5.41) is 1.16. The second-order valence-electron chi connectivity index (χ2n) is 5.09. The van der Waals surface area contributed by atoms with Gasteiger partial charge in [0.25, 0.3) is 0 Å². The smallest absolute Gasteiger partial charge is 0.146 e. The van der Waals surface area contributed by atoms with Gasteiger partial charge in [-0.1, -0.05) is 66.6 Å². The van der Waals surface area contributed by atoms with Crippen LogP contribution in [0.15, 0.2) is 12.2 Å². The molecule has 2 nitrogen and oxygen atoms in total. The van der Waals surface area contributed by atoms with Crippen molar-refractivity contribution in [2.75, 3.05) is 25.3 Å². The normalized spacial score (nSPS) is 11.5. The number of ether oxygens (including phenoxy) is 2. The van der Waals surface area contributed by atoms with Crippen LogP contribution in [0.4, 0.5) is 0 Å². The first-order valence-electron chi connectivity index (χ1n) is 8.28. The minimum atomic E-state index is 0.431. The lowest BCUT2D eigenvalue weighted by molar-refractivity contribution is -0.0476. The molecule has 0 saturated heterocycles. The minimum Gasteiger partial charge on any atom is -0.356 e. The fourth-order valence-corrected chi connectivity index (χ4v) is 2.40. The molecule has 0 fully saturated rings. The SMILES string of the molecule is CCOCOCCC=CCCCCCCCCCCBr. The summed E-state index contributed by atoms with van der Waals surface area (Å²) in [6.45, 7) is 3.91.